The summed E-state index contributed by atoms with van der Waals surface area (Å²) in [6.45, 7) is 6.49. The topological polar surface area (TPSA) is 20.2 Å². The van der Waals surface area contributed by atoms with Crippen LogP contribution in [0.3, 0.4) is 0 Å². The van der Waals surface area contributed by atoms with Crippen LogP contribution in [0.25, 0.3) is 0 Å². The number of aliphatic hydroxyl groups excluding tert-OH is 1. The van der Waals surface area contributed by atoms with Gasteiger partial charge >= 0.3 is 0 Å². The zero-order valence-corrected chi connectivity index (χ0v) is 15.7. The Balaban J connectivity index is 3.49. The van der Waals surface area contributed by atoms with Crippen LogP contribution in [0, 0.1) is 35.6 Å². The molecular weight excluding hydrogens is 284 g/mol. The second kappa shape index (κ2) is 13.5. The molecule has 1 atom stereocenters. The van der Waals surface area contributed by atoms with Crippen LogP contribution in [0.1, 0.15) is 64.2 Å². The van der Waals surface area contributed by atoms with Crippen LogP contribution < -0.4 is 0 Å². The molecule has 122 valence electrons. The zero-order chi connectivity index (χ0) is 16.7. The Kier molecular flexibility index (Phi) is 12.8. The SMILES string of the molecule is C#CCCCCCCCCCCC#C[C@@H](O)C#C[Si](C)(C)C. The smallest absolute Gasteiger partial charge is 0.175 e. The van der Waals surface area contributed by atoms with E-state index in [0.29, 0.717) is 0 Å². The molecule has 0 saturated heterocycles. The maximum absolute atomic E-state index is 9.64. The highest BCUT2D eigenvalue weighted by Gasteiger charge is 2.07. The van der Waals surface area contributed by atoms with Crippen molar-refractivity contribution < 1.29 is 5.11 Å². The molecule has 0 aliphatic carbocycles. The molecule has 0 rings (SSSR count). The molecule has 0 saturated carbocycles. The van der Waals surface area contributed by atoms with E-state index >= 15 is 0 Å². The molecule has 22 heavy (non-hydrogen) atoms. The third-order valence-electron chi connectivity index (χ3n) is 3.20. The van der Waals surface area contributed by atoms with Crippen molar-refractivity contribution in [3.63, 3.8) is 0 Å². The summed E-state index contributed by atoms with van der Waals surface area (Å²) >= 11 is 0. The van der Waals surface area contributed by atoms with Crippen LogP contribution in [0.5, 0.6) is 0 Å². The van der Waals surface area contributed by atoms with Crippen molar-refractivity contribution in [1.29, 1.82) is 0 Å². The number of aliphatic hydroxyl groups is 1. The lowest BCUT2D eigenvalue weighted by atomic mass is 10.1. The van der Waals surface area contributed by atoms with E-state index in [1.165, 1.54) is 44.9 Å². The fraction of sp³-hybridized carbons (Fsp3) is 0.700. The first-order valence-corrected chi connectivity index (χ1v) is 12.1. The van der Waals surface area contributed by atoms with Crippen molar-refractivity contribution in [2.45, 2.75) is 90.0 Å². The monoisotopic (exact) mass is 316 g/mol. The van der Waals surface area contributed by atoms with Crippen molar-refractivity contribution in [1.82, 2.24) is 0 Å². The first kappa shape index (κ1) is 20.9. The summed E-state index contributed by atoms with van der Waals surface area (Å²) in [5.41, 5.74) is 3.14. The summed E-state index contributed by atoms with van der Waals surface area (Å²) in [6.07, 6.45) is 16.3. The van der Waals surface area contributed by atoms with E-state index < -0.39 is 14.2 Å². The molecule has 0 heterocycles. The van der Waals surface area contributed by atoms with Crippen LogP contribution in [-0.2, 0) is 0 Å². The molecule has 0 amide bonds. The van der Waals surface area contributed by atoms with Gasteiger partial charge in [-0.25, -0.2) is 0 Å². The van der Waals surface area contributed by atoms with Gasteiger partial charge in [0.1, 0.15) is 8.07 Å². The Hall–Kier alpha value is -1.14. The second-order valence-electron chi connectivity index (χ2n) is 6.78. The molecule has 1 nitrogen and oxygen atoms in total. The van der Waals surface area contributed by atoms with E-state index in [2.05, 4.69) is 48.9 Å². The average molecular weight is 317 g/mol. The fourth-order valence-corrected chi connectivity index (χ4v) is 2.56. The highest BCUT2D eigenvalue weighted by molar-refractivity contribution is 6.83. The summed E-state index contributed by atoms with van der Waals surface area (Å²) in [5.74, 6) is 11.4. The van der Waals surface area contributed by atoms with Gasteiger partial charge in [0.2, 0.25) is 0 Å². The summed E-state index contributed by atoms with van der Waals surface area (Å²) in [6, 6.07) is 0. The van der Waals surface area contributed by atoms with Gasteiger partial charge in [0.15, 0.2) is 6.10 Å². The third kappa shape index (κ3) is 16.9. The van der Waals surface area contributed by atoms with Gasteiger partial charge in [-0.05, 0) is 12.8 Å². The van der Waals surface area contributed by atoms with Gasteiger partial charge in [0, 0.05) is 12.8 Å². The normalized spacial score (nSPS) is 11.6. The lowest BCUT2D eigenvalue weighted by Gasteiger charge is -2.03. The van der Waals surface area contributed by atoms with E-state index in [4.69, 9.17) is 6.42 Å². The maximum atomic E-state index is 9.64. The molecular formula is C20H32OSi. The summed E-state index contributed by atoms with van der Waals surface area (Å²) < 4.78 is 0. The largest absolute Gasteiger partial charge is 0.369 e. The average Bonchev–Trinajstić information content (AvgIpc) is 2.45. The fourth-order valence-electron chi connectivity index (χ4n) is 1.99. The molecule has 0 aromatic rings. The number of hydrogen-bond acceptors (Lipinski definition) is 1. The van der Waals surface area contributed by atoms with Gasteiger partial charge in [0.25, 0.3) is 0 Å². The minimum absolute atomic E-state index is 0.769. The van der Waals surface area contributed by atoms with Crippen LogP contribution >= 0.6 is 0 Å². The van der Waals surface area contributed by atoms with Crippen LogP contribution in [0.15, 0.2) is 0 Å². The van der Waals surface area contributed by atoms with Crippen LogP contribution in [0.4, 0.5) is 0 Å². The van der Waals surface area contributed by atoms with Gasteiger partial charge < -0.3 is 5.11 Å². The summed E-state index contributed by atoms with van der Waals surface area (Å²) in [7, 11) is -1.40. The molecule has 0 aromatic heterocycles. The van der Waals surface area contributed by atoms with Gasteiger partial charge in [-0.1, -0.05) is 75.9 Å². The van der Waals surface area contributed by atoms with Crippen molar-refractivity contribution in [2.75, 3.05) is 0 Å². The van der Waals surface area contributed by atoms with E-state index in [-0.39, 0.29) is 0 Å². The molecule has 0 aliphatic rings. The third-order valence-corrected chi connectivity index (χ3v) is 4.09. The molecule has 0 aromatic carbocycles. The van der Waals surface area contributed by atoms with Gasteiger partial charge in [-0.2, -0.15) is 0 Å². The van der Waals surface area contributed by atoms with Crippen molar-refractivity contribution >= 4 is 8.07 Å². The lowest BCUT2D eigenvalue weighted by molar-refractivity contribution is 0.289. The van der Waals surface area contributed by atoms with E-state index in [9.17, 15) is 5.11 Å². The highest BCUT2D eigenvalue weighted by Crippen LogP contribution is 2.10. The van der Waals surface area contributed by atoms with Crippen LogP contribution in [-0.4, -0.2) is 19.3 Å². The summed E-state index contributed by atoms with van der Waals surface area (Å²) in [5, 5.41) is 9.64. The molecule has 0 bridgehead atoms. The highest BCUT2D eigenvalue weighted by atomic mass is 28.3. The predicted molar refractivity (Wildman–Crippen MR) is 99.9 cm³/mol. The van der Waals surface area contributed by atoms with Crippen molar-refractivity contribution in [3.8, 4) is 35.6 Å². The Morgan fingerprint density at radius 3 is 1.82 bits per heavy atom. The van der Waals surface area contributed by atoms with Crippen molar-refractivity contribution in [3.05, 3.63) is 0 Å². The standard InChI is InChI=1S/C20H32OSi/c1-5-6-7-8-9-10-11-12-13-14-15-16-17-20(21)18-19-22(2,3)4/h1,20-21H,6-15H2,2-4H3/t20-/m1/s1. The minimum Gasteiger partial charge on any atom is -0.369 e. The molecule has 0 unspecified atom stereocenters. The van der Waals surface area contributed by atoms with Crippen LogP contribution in [0.2, 0.25) is 19.6 Å². The van der Waals surface area contributed by atoms with E-state index in [1.807, 2.05) is 0 Å². The molecule has 0 spiro atoms. The van der Waals surface area contributed by atoms with E-state index in [1.54, 1.807) is 0 Å². The second-order valence-corrected chi connectivity index (χ2v) is 11.5. The molecule has 2 heteroatoms. The van der Waals surface area contributed by atoms with E-state index in [0.717, 1.165) is 19.3 Å². The molecule has 0 radical (unpaired) electrons. The van der Waals surface area contributed by atoms with Gasteiger partial charge in [-0.3, -0.25) is 0 Å². The lowest BCUT2D eigenvalue weighted by Crippen LogP contribution is -2.17. The van der Waals surface area contributed by atoms with Crippen molar-refractivity contribution in [2.24, 2.45) is 0 Å². The molecule has 1 N–H and O–H groups in total. The Morgan fingerprint density at radius 1 is 0.818 bits per heavy atom. The Bertz CT molecular complexity index is 431. The first-order valence-electron chi connectivity index (χ1n) is 8.58. The summed E-state index contributed by atoms with van der Waals surface area (Å²) in [4.78, 5) is 0. The minimum atomic E-state index is -1.40. The Morgan fingerprint density at radius 2 is 1.32 bits per heavy atom. The molecule has 0 fully saturated rings. The number of terminal acetylenes is 1. The quantitative estimate of drug-likeness (QED) is 0.369. The molecule has 0 aliphatic heterocycles. The Labute approximate surface area is 139 Å². The number of rotatable bonds is 9. The van der Waals surface area contributed by atoms with Gasteiger partial charge in [0.05, 0.1) is 0 Å². The maximum Gasteiger partial charge on any atom is 0.175 e. The number of unbranched alkanes of at least 4 members (excludes halogenated alkanes) is 9. The zero-order valence-electron chi connectivity index (χ0n) is 14.7. The van der Waals surface area contributed by atoms with Gasteiger partial charge in [-0.15, -0.1) is 17.9 Å². The predicted octanol–water partition coefficient (Wildman–Crippen LogP) is 4.77. The number of hydrogen-bond donors (Lipinski definition) is 1. The first-order chi connectivity index (χ1) is 10.5.